The number of rotatable bonds is 5. The molecule has 2 bridgehead atoms. The third kappa shape index (κ3) is 4.72. The molecule has 0 radical (unpaired) electrons. The predicted molar refractivity (Wildman–Crippen MR) is 116 cm³/mol. The molecule has 3 aromatic rings. The van der Waals surface area contributed by atoms with E-state index < -0.39 is 23.8 Å². The molecule has 0 amide bonds. The van der Waals surface area contributed by atoms with Crippen LogP contribution in [0.4, 0.5) is 18.9 Å². The monoisotopic (exact) mass is 462 g/mol. The number of benzene rings is 2. The van der Waals surface area contributed by atoms with Gasteiger partial charge in [0.25, 0.3) is 0 Å². The molecule has 5 rings (SSSR count). The van der Waals surface area contributed by atoms with Gasteiger partial charge in [-0.15, -0.1) is 11.3 Å². The van der Waals surface area contributed by atoms with Crippen molar-refractivity contribution < 1.29 is 27.4 Å². The van der Waals surface area contributed by atoms with Gasteiger partial charge in [-0.1, -0.05) is 12.1 Å². The van der Waals surface area contributed by atoms with Gasteiger partial charge in [-0.2, -0.15) is 13.2 Å². The van der Waals surface area contributed by atoms with E-state index in [1.807, 2.05) is 24.0 Å². The lowest BCUT2D eigenvalue weighted by atomic mass is 10.1. The Labute approximate surface area is 187 Å². The molecule has 0 fully saturated rings. The van der Waals surface area contributed by atoms with Crippen molar-refractivity contribution in [2.75, 3.05) is 18.1 Å². The quantitative estimate of drug-likeness (QED) is 0.471. The Hall–Kier alpha value is -3.07. The first-order chi connectivity index (χ1) is 15.2. The summed E-state index contributed by atoms with van der Waals surface area (Å²) in [5.41, 5.74) is 1.65. The summed E-state index contributed by atoms with van der Waals surface area (Å²) in [5, 5.41) is 0.645. The third-order valence-corrected chi connectivity index (χ3v) is 6.29. The van der Waals surface area contributed by atoms with Gasteiger partial charge >= 0.3 is 12.1 Å². The van der Waals surface area contributed by atoms with Gasteiger partial charge in [0, 0.05) is 16.1 Å². The Morgan fingerprint density at radius 3 is 2.50 bits per heavy atom. The summed E-state index contributed by atoms with van der Waals surface area (Å²) in [6, 6.07) is 12.4. The van der Waals surface area contributed by atoms with Crippen molar-refractivity contribution in [3.05, 3.63) is 64.7 Å². The van der Waals surface area contributed by atoms with Crippen LogP contribution in [-0.2, 0) is 22.3 Å². The summed E-state index contributed by atoms with van der Waals surface area (Å²) in [5.74, 6) is 0.177. The minimum absolute atomic E-state index is 0.265. The van der Waals surface area contributed by atoms with Crippen LogP contribution in [-0.4, -0.2) is 30.2 Å². The number of anilines is 1. The number of thiazole rings is 1. The smallest absolute Gasteiger partial charge is 0.416 e. The molecule has 0 spiro atoms. The van der Waals surface area contributed by atoms with Gasteiger partial charge < -0.3 is 14.4 Å². The lowest BCUT2D eigenvalue weighted by Gasteiger charge is -2.31. The average Bonchev–Trinajstić information content (AvgIpc) is 3.11. The number of carbonyl (C=O) groups is 1. The first kappa shape index (κ1) is 22.1. The highest BCUT2D eigenvalue weighted by molar-refractivity contribution is 7.15. The van der Waals surface area contributed by atoms with E-state index >= 15 is 0 Å². The molecule has 1 unspecified atom stereocenters. The summed E-state index contributed by atoms with van der Waals surface area (Å²) < 4.78 is 49.5. The number of aryl methyl sites for hydroxylation is 1. The third-order valence-electron chi connectivity index (χ3n) is 5.10. The molecule has 3 heterocycles. The number of esters is 1. The van der Waals surface area contributed by atoms with E-state index in [2.05, 4.69) is 4.98 Å². The van der Waals surface area contributed by atoms with Gasteiger partial charge in [-0.05, 0) is 50.2 Å². The highest BCUT2D eigenvalue weighted by Gasteiger charge is 2.30. The Balaban J connectivity index is 1.58. The van der Waals surface area contributed by atoms with E-state index in [-0.39, 0.29) is 6.61 Å². The first-order valence-corrected chi connectivity index (χ1v) is 10.9. The molecule has 0 N–H and O–H groups in total. The van der Waals surface area contributed by atoms with Crippen LogP contribution in [0, 0.1) is 6.92 Å². The molecule has 1 aromatic heterocycles. The summed E-state index contributed by atoms with van der Waals surface area (Å²) >= 11 is 1.42. The number of halogens is 3. The molecular weight excluding hydrogens is 441 g/mol. The topological polar surface area (TPSA) is 51.7 Å². The second kappa shape index (κ2) is 8.82. The summed E-state index contributed by atoms with van der Waals surface area (Å²) in [6.45, 7) is 4.66. The number of nitrogens with zero attached hydrogens (tertiary/aromatic N) is 2. The van der Waals surface area contributed by atoms with Crippen molar-refractivity contribution in [1.82, 2.24) is 4.98 Å². The van der Waals surface area contributed by atoms with E-state index in [4.69, 9.17) is 9.47 Å². The van der Waals surface area contributed by atoms with Gasteiger partial charge in [0.15, 0.2) is 0 Å². The van der Waals surface area contributed by atoms with Crippen LogP contribution in [0.3, 0.4) is 0 Å². The van der Waals surface area contributed by atoms with E-state index in [0.29, 0.717) is 29.4 Å². The van der Waals surface area contributed by atoms with E-state index in [1.165, 1.54) is 23.5 Å². The highest BCUT2D eigenvalue weighted by atomic mass is 32.1. The van der Waals surface area contributed by atoms with Crippen LogP contribution in [0.25, 0.3) is 10.6 Å². The molecule has 1 atom stereocenters. The summed E-state index contributed by atoms with van der Waals surface area (Å²) in [4.78, 5) is 19.9. The molecule has 168 valence electrons. The molecule has 2 aliphatic rings. The van der Waals surface area contributed by atoms with E-state index in [1.54, 1.807) is 19.1 Å². The molecule has 0 saturated heterocycles. The number of hydrogen-bond acceptors (Lipinski definition) is 6. The molecular formula is C23H21F3N2O3S. The SMILES string of the molecule is CCOC(=O)C1CN(Cc2sc(-c3ccc(C(F)(F)F)cc3)nc2C)c2ccc(cc2)O1. The minimum atomic E-state index is -4.37. The molecule has 9 heteroatoms. The zero-order valence-electron chi connectivity index (χ0n) is 17.5. The summed E-state index contributed by atoms with van der Waals surface area (Å²) in [7, 11) is 0. The minimum Gasteiger partial charge on any atom is -0.477 e. The number of hydrogen-bond donors (Lipinski definition) is 0. The maximum absolute atomic E-state index is 12.8. The zero-order chi connectivity index (χ0) is 22.9. The highest BCUT2D eigenvalue weighted by Crippen LogP contribution is 2.34. The number of fused-ring (bicyclic) bond motifs is 5. The Kier molecular flexibility index (Phi) is 6.10. The average molecular weight is 462 g/mol. The van der Waals surface area contributed by atoms with Crippen molar-refractivity contribution in [2.24, 2.45) is 0 Å². The van der Waals surface area contributed by atoms with Crippen molar-refractivity contribution in [1.29, 1.82) is 0 Å². The van der Waals surface area contributed by atoms with Gasteiger partial charge in [0.2, 0.25) is 6.10 Å². The number of alkyl halides is 3. The first-order valence-electron chi connectivity index (χ1n) is 10.1. The molecule has 2 aliphatic heterocycles. The van der Waals surface area contributed by atoms with Crippen molar-refractivity contribution in [3.63, 3.8) is 0 Å². The second-order valence-corrected chi connectivity index (χ2v) is 8.42. The standard InChI is InChI=1S/C23H21F3N2O3S/c1-3-30-22(29)19-12-28(17-8-10-18(31-19)11-9-17)13-20-14(2)27-21(32-20)15-4-6-16(7-5-15)23(24,25)26/h4-11,19H,3,12-13H2,1-2H3. The van der Waals surface area contributed by atoms with Gasteiger partial charge in [0.1, 0.15) is 10.8 Å². The Bertz CT molecular complexity index is 1100. The van der Waals surface area contributed by atoms with Crippen LogP contribution in [0.2, 0.25) is 0 Å². The van der Waals surface area contributed by atoms with Crippen molar-refractivity contribution in [3.8, 4) is 16.3 Å². The predicted octanol–water partition coefficient (Wildman–Crippen LogP) is 5.47. The van der Waals surface area contributed by atoms with Crippen LogP contribution >= 0.6 is 11.3 Å². The van der Waals surface area contributed by atoms with Crippen LogP contribution in [0.5, 0.6) is 5.75 Å². The maximum atomic E-state index is 12.8. The largest absolute Gasteiger partial charge is 0.477 e. The normalized spacial score (nSPS) is 15.8. The van der Waals surface area contributed by atoms with Gasteiger partial charge in [0.05, 0.1) is 31.0 Å². The molecule has 32 heavy (non-hydrogen) atoms. The van der Waals surface area contributed by atoms with Crippen LogP contribution in [0.15, 0.2) is 48.5 Å². The van der Waals surface area contributed by atoms with Crippen LogP contribution < -0.4 is 9.64 Å². The number of ether oxygens (including phenoxy) is 2. The lowest BCUT2D eigenvalue weighted by molar-refractivity contribution is -0.151. The Morgan fingerprint density at radius 2 is 1.88 bits per heavy atom. The fraction of sp³-hybridized carbons (Fsp3) is 0.304. The molecule has 2 aromatic carbocycles. The fourth-order valence-electron chi connectivity index (χ4n) is 3.43. The molecule has 5 nitrogen and oxygen atoms in total. The maximum Gasteiger partial charge on any atom is 0.416 e. The second-order valence-electron chi connectivity index (χ2n) is 7.34. The van der Waals surface area contributed by atoms with E-state index in [9.17, 15) is 18.0 Å². The van der Waals surface area contributed by atoms with E-state index in [0.717, 1.165) is 28.4 Å². The zero-order valence-corrected chi connectivity index (χ0v) is 18.3. The number of aromatic nitrogens is 1. The molecule has 0 saturated carbocycles. The fourth-order valence-corrected chi connectivity index (χ4v) is 4.51. The lowest BCUT2D eigenvalue weighted by Crippen LogP contribution is -2.42. The van der Waals surface area contributed by atoms with Gasteiger partial charge in [-0.3, -0.25) is 0 Å². The van der Waals surface area contributed by atoms with Crippen LogP contribution in [0.1, 0.15) is 23.1 Å². The number of carbonyl (C=O) groups excluding carboxylic acids is 1. The summed E-state index contributed by atoms with van der Waals surface area (Å²) in [6.07, 6.45) is -5.14. The molecule has 0 aliphatic carbocycles. The Morgan fingerprint density at radius 1 is 1.19 bits per heavy atom. The van der Waals surface area contributed by atoms with Crippen molar-refractivity contribution >= 4 is 23.0 Å². The van der Waals surface area contributed by atoms with Gasteiger partial charge in [-0.25, -0.2) is 9.78 Å². The van der Waals surface area contributed by atoms with Crippen molar-refractivity contribution in [2.45, 2.75) is 32.7 Å².